The molecule has 0 aromatic heterocycles. The first kappa shape index (κ1) is 16.3. The summed E-state index contributed by atoms with van der Waals surface area (Å²) in [6.07, 6.45) is 1.08. The van der Waals surface area contributed by atoms with Gasteiger partial charge in [-0.1, -0.05) is 6.92 Å². The Hall–Kier alpha value is -0.710. The second kappa shape index (κ2) is 11.1. The van der Waals surface area contributed by atoms with Gasteiger partial charge in [0.1, 0.15) is 12.4 Å². The average molecular weight is 284 g/mol. The summed E-state index contributed by atoms with van der Waals surface area (Å²) in [5.74, 6) is 1.89. The summed E-state index contributed by atoms with van der Waals surface area (Å²) < 4.78 is 16.2. The van der Waals surface area contributed by atoms with Gasteiger partial charge in [0.25, 0.3) is 0 Å². The van der Waals surface area contributed by atoms with E-state index in [0.717, 1.165) is 37.7 Å². The minimum atomic E-state index is 0.602. The van der Waals surface area contributed by atoms with E-state index >= 15 is 0 Å². The number of ether oxygens (including phenoxy) is 3. The van der Waals surface area contributed by atoms with Crippen LogP contribution in [0.3, 0.4) is 0 Å². The molecule has 0 radical (unpaired) electrons. The molecule has 4 heteroatoms. The van der Waals surface area contributed by atoms with Crippen LogP contribution < -0.4 is 4.74 Å². The molecule has 0 heterocycles. The molecule has 0 unspecified atom stereocenters. The maximum atomic E-state index is 5.56. The van der Waals surface area contributed by atoms with Crippen LogP contribution in [0, 0.1) is 0 Å². The third-order valence-corrected chi connectivity index (χ3v) is 3.35. The van der Waals surface area contributed by atoms with Crippen LogP contribution in [-0.4, -0.2) is 38.8 Å². The fourth-order valence-electron chi connectivity index (χ4n) is 1.46. The lowest BCUT2D eigenvalue weighted by Gasteiger charge is -2.07. The molecule has 1 rings (SSSR count). The van der Waals surface area contributed by atoms with Gasteiger partial charge in [-0.05, 0) is 37.6 Å². The zero-order valence-corrected chi connectivity index (χ0v) is 12.7. The highest BCUT2D eigenvalue weighted by Gasteiger charge is 1.97. The number of hydrogen-bond donors (Lipinski definition) is 0. The molecule has 0 saturated heterocycles. The first-order valence-corrected chi connectivity index (χ1v) is 7.86. The topological polar surface area (TPSA) is 27.7 Å². The molecule has 0 bridgehead atoms. The fraction of sp³-hybridized carbons (Fsp3) is 0.600. The van der Waals surface area contributed by atoms with Crippen LogP contribution in [0.2, 0.25) is 0 Å². The molecule has 0 aliphatic rings. The van der Waals surface area contributed by atoms with Gasteiger partial charge in [0.15, 0.2) is 0 Å². The van der Waals surface area contributed by atoms with Crippen LogP contribution >= 0.6 is 11.8 Å². The summed E-state index contributed by atoms with van der Waals surface area (Å²) in [5, 5.41) is 0. The Morgan fingerprint density at radius 1 is 0.895 bits per heavy atom. The van der Waals surface area contributed by atoms with Crippen molar-refractivity contribution in [3.63, 3.8) is 0 Å². The van der Waals surface area contributed by atoms with Crippen LogP contribution in [0.25, 0.3) is 0 Å². The van der Waals surface area contributed by atoms with Crippen molar-refractivity contribution in [1.29, 1.82) is 0 Å². The Kier molecular flexibility index (Phi) is 9.59. The number of benzene rings is 1. The van der Waals surface area contributed by atoms with Gasteiger partial charge in [-0.2, -0.15) is 0 Å². The van der Waals surface area contributed by atoms with Gasteiger partial charge in [-0.3, -0.25) is 0 Å². The third-order valence-electron chi connectivity index (χ3n) is 2.37. The van der Waals surface area contributed by atoms with Crippen LogP contribution in [0.4, 0.5) is 0 Å². The Bertz CT molecular complexity index is 314. The highest BCUT2D eigenvalue weighted by atomic mass is 32.2. The molecule has 0 atom stereocenters. The van der Waals surface area contributed by atoms with Crippen molar-refractivity contribution in [2.24, 2.45) is 0 Å². The van der Waals surface area contributed by atoms with Gasteiger partial charge >= 0.3 is 0 Å². The van der Waals surface area contributed by atoms with Gasteiger partial charge in [-0.25, -0.2) is 0 Å². The van der Waals surface area contributed by atoms with Gasteiger partial charge in [0, 0.05) is 23.9 Å². The molecular formula is C15H24O3S. The maximum absolute atomic E-state index is 5.56. The summed E-state index contributed by atoms with van der Waals surface area (Å²) in [5.41, 5.74) is 0. The van der Waals surface area contributed by atoms with E-state index in [1.165, 1.54) is 4.90 Å². The van der Waals surface area contributed by atoms with Crippen LogP contribution in [-0.2, 0) is 9.47 Å². The molecule has 108 valence electrons. The summed E-state index contributed by atoms with van der Waals surface area (Å²) in [6.45, 7) is 7.75. The van der Waals surface area contributed by atoms with Crippen LogP contribution in [0.1, 0.15) is 20.3 Å². The first-order chi connectivity index (χ1) is 9.36. The lowest BCUT2D eigenvalue weighted by atomic mass is 10.3. The molecule has 0 fully saturated rings. The van der Waals surface area contributed by atoms with E-state index < -0.39 is 0 Å². The third kappa shape index (κ3) is 8.14. The quantitative estimate of drug-likeness (QED) is 0.458. The van der Waals surface area contributed by atoms with Crippen LogP contribution in [0.15, 0.2) is 29.2 Å². The van der Waals surface area contributed by atoms with Crippen molar-refractivity contribution in [1.82, 2.24) is 0 Å². The molecule has 0 spiro atoms. The molecule has 0 aliphatic heterocycles. The lowest BCUT2D eigenvalue weighted by molar-refractivity contribution is 0.110. The van der Waals surface area contributed by atoms with Crippen molar-refractivity contribution in [2.45, 2.75) is 25.2 Å². The maximum Gasteiger partial charge on any atom is 0.119 e. The fourth-order valence-corrected chi connectivity index (χ4v) is 2.23. The number of rotatable bonds is 11. The molecule has 0 saturated carbocycles. The Morgan fingerprint density at radius 2 is 1.68 bits per heavy atom. The van der Waals surface area contributed by atoms with E-state index in [4.69, 9.17) is 14.2 Å². The van der Waals surface area contributed by atoms with Crippen LogP contribution in [0.5, 0.6) is 5.75 Å². The smallest absolute Gasteiger partial charge is 0.119 e. The van der Waals surface area contributed by atoms with Gasteiger partial charge in [0.05, 0.1) is 13.2 Å². The average Bonchev–Trinajstić information content (AvgIpc) is 2.45. The summed E-state index contributed by atoms with van der Waals surface area (Å²) in [6, 6.07) is 8.17. The summed E-state index contributed by atoms with van der Waals surface area (Å²) >= 11 is 1.81. The monoisotopic (exact) mass is 284 g/mol. The minimum Gasteiger partial charge on any atom is -0.491 e. The largest absolute Gasteiger partial charge is 0.491 e. The second-order valence-electron chi connectivity index (χ2n) is 3.98. The van der Waals surface area contributed by atoms with Gasteiger partial charge in [-0.15, -0.1) is 11.8 Å². The predicted octanol–water partition coefficient (Wildman–Crippen LogP) is 3.62. The van der Waals surface area contributed by atoms with E-state index in [9.17, 15) is 0 Å². The SMILES string of the molecule is CCCOCCSc1ccc(OCCOCC)cc1. The Morgan fingerprint density at radius 3 is 2.37 bits per heavy atom. The normalized spacial score (nSPS) is 10.6. The van der Waals surface area contributed by atoms with Crippen molar-refractivity contribution in [3.05, 3.63) is 24.3 Å². The molecule has 1 aromatic carbocycles. The molecule has 0 amide bonds. The van der Waals surface area contributed by atoms with Crippen molar-refractivity contribution >= 4 is 11.8 Å². The molecule has 19 heavy (non-hydrogen) atoms. The summed E-state index contributed by atoms with van der Waals surface area (Å²) in [4.78, 5) is 1.25. The standard InChI is InChI=1S/C15H24O3S/c1-3-9-17-12-13-19-15-7-5-14(6-8-15)18-11-10-16-4-2/h5-8H,3-4,9-13H2,1-2H3. The zero-order chi connectivity index (χ0) is 13.8. The predicted molar refractivity (Wildman–Crippen MR) is 80.3 cm³/mol. The van der Waals surface area contributed by atoms with Crippen molar-refractivity contribution < 1.29 is 14.2 Å². The van der Waals surface area contributed by atoms with E-state index in [2.05, 4.69) is 19.1 Å². The van der Waals surface area contributed by atoms with E-state index in [0.29, 0.717) is 13.2 Å². The van der Waals surface area contributed by atoms with E-state index in [1.54, 1.807) is 11.8 Å². The molecule has 3 nitrogen and oxygen atoms in total. The zero-order valence-electron chi connectivity index (χ0n) is 11.9. The second-order valence-corrected chi connectivity index (χ2v) is 5.15. The lowest BCUT2D eigenvalue weighted by Crippen LogP contribution is -2.06. The highest BCUT2D eigenvalue weighted by Crippen LogP contribution is 2.21. The minimum absolute atomic E-state index is 0.602. The Labute approximate surface area is 120 Å². The summed E-state index contributed by atoms with van der Waals surface area (Å²) in [7, 11) is 0. The van der Waals surface area contributed by atoms with Crippen molar-refractivity contribution in [2.75, 3.05) is 38.8 Å². The highest BCUT2D eigenvalue weighted by molar-refractivity contribution is 7.99. The Balaban J connectivity index is 2.16. The molecule has 0 aliphatic carbocycles. The van der Waals surface area contributed by atoms with Gasteiger partial charge < -0.3 is 14.2 Å². The van der Waals surface area contributed by atoms with Crippen molar-refractivity contribution in [3.8, 4) is 5.75 Å². The first-order valence-electron chi connectivity index (χ1n) is 6.88. The molecule has 0 N–H and O–H groups in total. The van der Waals surface area contributed by atoms with E-state index in [1.807, 2.05) is 19.1 Å². The molecular weight excluding hydrogens is 260 g/mol. The van der Waals surface area contributed by atoms with E-state index in [-0.39, 0.29) is 0 Å². The number of hydrogen-bond acceptors (Lipinski definition) is 4. The number of thioether (sulfide) groups is 1. The van der Waals surface area contributed by atoms with Gasteiger partial charge in [0.2, 0.25) is 0 Å². The molecule has 1 aromatic rings.